The summed E-state index contributed by atoms with van der Waals surface area (Å²) in [4.78, 5) is 22.0. The fraction of sp³-hybridized carbons (Fsp3) is 0.250. The Hall–Kier alpha value is -2.36. The Bertz CT molecular complexity index is 378. The lowest BCUT2D eigenvalue weighted by Crippen LogP contribution is -2.39. The van der Waals surface area contributed by atoms with E-state index in [9.17, 15) is 9.59 Å². The van der Waals surface area contributed by atoms with Crippen molar-refractivity contribution in [3.8, 4) is 6.07 Å². The second kappa shape index (κ2) is 5.39. The first-order valence-electron chi connectivity index (χ1n) is 4.14. The van der Waals surface area contributed by atoms with Crippen LogP contribution in [0.25, 0.3) is 0 Å². The van der Waals surface area contributed by atoms with Crippen LogP contribution >= 0.6 is 0 Å². The van der Waals surface area contributed by atoms with Crippen LogP contribution in [0.2, 0.25) is 0 Å². The molecule has 7 heteroatoms. The van der Waals surface area contributed by atoms with Gasteiger partial charge in [0.1, 0.15) is 6.54 Å². The molecule has 0 saturated heterocycles. The molecule has 1 aromatic rings. The predicted molar refractivity (Wildman–Crippen MR) is 49.1 cm³/mol. The molecule has 15 heavy (non-hydrogen) atoms. The molecule has 1 heterocycles. The van der Waals surface area contributed by atoms with E-state index in [2.05, 4.69) is 20.8 Å². The van der Waals surface area contributed by atoms with Crippen LogP contribution in [-0.2, 0) is 16.1 Å². The minimum Gasteiger partial charge on any atom is -0.344 e. The molecule has 0 saturated carbocycles. The molecule has 0 aromatic carbocycles. The van der Waals surface area contributed by atoms with Crippen LogP contribution in [0.3, 0.4) is 0 Å². The van der Waals surface area contributed by atoms with E-state index in [0.717, 1.165) is 5.56 Å². The van der Waals surface area contributed by atoms with Crippen molar-refractivity contribution in [3.63, 3.8) is 0 Å². The molecule has 0 spiro atoms. The lowest BCUT2D eigenvalue weighted by molar-refractivity contribution is -0.139. The van der Waals surface area contributed by atoms with Gasteiger partial charge in [-0.3, -0.25) is 14.7 Å². The smallest absolute Gasteiger partial charge is 0.310 e. The van der Waals surface area contributed by atoms with Crippen LogP contribution in [0.1, 0.15) is 5.56 Å². The number of nitrogens with zero attached hydrogens (tertiary/aromatic N) is 2. The van der Waals surface area contributed by atoms with Gasteiger partial charge < -0.3 is 10.6 Å². The van der Waals surface area contributed by atoms with E-state index in [1.165, 1.54) is 6.20 Å². The zero-order chi connectivity index (χ0) is 11.1. The summed E-state index contributed by atoms with van der Waals surface area (Å²) in [5.41, 5.74) is 0.761. The maximum atomic E-state index is 11.1. The fourth-order valence-corrected chi connectivity index (χ4v) is 0.837. The number of nitrogens with one attached hydrogen (secondary N) is 3. The van der Waals surface area contributed by atoms with Crippen molar-refractivity contribution in [1.29, 1.82) is 5.26 Å². The quantitative estimate of drug-likeness (QED) is 0.421. The van der Waals surface area contributed by atoms with Gasteiger partial charge in [0, 0.05) is 18.3 Å². The number of H-pyrrole nitrogens is 1. The molecule has 2 amide bonds. The number of rotatable bonds is 3. The molecule has 1 aromatic heterocycles. The third-order valence-electron chi connectivity index (χ3n) is 1.54. The van der Waals surface area contributed by atoms with Crippen molar-refractivity contribution < 1.29 is 9.59 Å². The van der Waals surface area contributed by atoms with Crippen molar-refractivity contribution >= 4 is 11.8 Å². The van der Waals surface area contributed by atoms with Gasteiger partial charge >= 0.3 is 11.8 Å². The first kappa shape index (κ1) is 10.7. The third kappa shape index (κ3) is 3.48. The Labute approximate surface area is 85.5 Å². The summed E-state index contributed by atoms with van der Waals surface area (Å²) in [6.45, 7) is 0.0350. The SMILES string of the molecule is N#CCNC(=O)C(=O)NCc1cn[nH]c1. The Kier molecular flexibility index (Phi) is 3.85. The molecule has 0 aliphatic rings. The molecule has 78 valence electrons. The molecule has 0 unspecified atom stereocenters. The summed E-state index contributed by atoms with van der Waals surface area (Å²) in [5, 5.41) is 18.9. The molecule has 0 atom stereocenters. The number of carbonyl (C=O) groups excluding carboxylic acids is 2. The summed E-state index contributed by atoms with van der Waals surface area (Å²) >= 11 is 0. The van der Waals surface area contributed by atoms with Gasteiger partial charge in [-0.15, -0.1) is 0 Å². The monoisotopic (exact) mass is 207 g/mol. The first-order valence-corrected chi connectivity index (χ1v) is 4.14. The van der Waals surface area contributed by atoms with Crippen molar-refractivity contribution in [2.24, 2.45) is 0 Å². The molecule has 0 bridgehead atoms. The van der Waals surface area contributed by atoms with Gasteiger partial charge in [-0.25, -0.2) is 0 Å². The zero-order valence-corrected chi connectivity index (χ0v) is 7.78. The third-order valence-corrected chi connectivity index (χ3v) is 1.54. The Morgan fingerprint density at radius 3 is 2.80 bits per heavy atom. The topological polar surface area (TPSA) is 111 Å². The number of amides is 2. The Morgan fingerprint density at radius 1 is 1.47 bits per heavy atom. The van der Waals surface area contributed by atoms with Crippen LogP contribution in [-0.4, -0.2) is 28.6 Å². The van der Waals surface area contributed by atoms with Gasteiger partial charge in [0.25, 0.3) is 0 Å². The minimum atomic E-state index is -0.819. The summed E-state index contributed by atoms with van der Waals surface area (Å²) in [6, 6.07) is 1.70. The number of nitriles is 1. The summed E-state index contributed by atoms with van der Waals surface area (Å²) < 4.78 is 0. The highest BCUT2D eigenvalue weighted by Crippen LogP contribution is 1.91. The second-order valence-corrected chi connectivity index (χ2v) is 2.63. The number of hydrogen-bond donors (Lipinski definition) is 3. The van der Waals surface area contributed by atoms with Crippen molar-refractivity contribution in [2.45, 2.75) is 6.54 Å². The van der Waals surface area contributed by atoms with Gasteiger partial charge in [0.15, 0.2) is 0 Å². The largest absolute Gasteiger partial charge is 0.344 e. The number of hydrogen-bond acceptors (Lipinski definition) is 4. The van der Waals surface area contributed by atoms with E-state index in [-0.39, 0.29) is 13.1 Å². The molecular weight excluding hydrogens is 198 g/mol. The Morgan fingerprint density at radius 2 is 2.20 bits per heavy atom. The summed E-state index contributed by atoms with van der Waals surface area (Å²) in [6.07, 6.45) is 3.14. The van der Waals surface area contributed by atoms with Crippen LogP contribution < -0.4 is 10.6 Å². The zero-order valence-electron chi connectivity index (χ0n) is 7.78. The standard InChI is InChI=1S/C8H9N5O2/c9-1-2-10-7(14)8(15)11-3-6-4-12-13-5-6/h4-5H,2-3H2,(H,10,14)(H,11,15)(H,12,13). The van der Waals surface area contributed by atoms with Gasteiger partial charge in [-0.2, -0.15) is 10.4 Å². The van der Waals surface area contributed by atoms with Crippen LogP contribution in [0.15, 0.2) is 12.4 Å². The molecule has 0 fully saturated rings. The average molecular weight is 207 g/mol. The van der Waals surface area contributed by atoms with Gasteiger partial charge in [-0.05, 0) is 0 Å². The summed E-state index contributed by atoms with van der Waals surface area (Å²) in [7, 11) is 0. The van der Waals surface area contributed by atoms with E-state index in [1.54, 1.807) is 12.3 Å². The van der Waals surface area contributed by atoms with E-state index >= 15 is 0 Å². The second-order valence-electron chi connectivity index (χ2n) is 2.63. The van der Waals surface area contributed by atoms with E-state index in [0.29, 0.717) is 0 Å². The maximum absolute atomic E-state index is 11.1. The number of aromatic amines is 1. The van der Waals surface area contributed by atoms with Gasteiger partial charge in [-0.1, -0.05) is 0 Å². The molecular formula is C8H9N5O2. The highest BCUT2D eigenvalue weighted by atomic mass is 16.2. The van der Waals surface area contributed by atoms with Crippen LogP contribution in [0.4, 0.5) is 0 Å². The molecule has 0 aliphatic carbocycles. The van der Waals surface area contributed by atoms with Crippen molar-refractivity contribution in [3.05, 3.63) is 18.0 Å². The minimum absolute atomic E-state index is 0.183. The Balaban J connectivity index is 2.30. The molecule has 7 nitrogen and oxygen atoms in total. The lowest BCUT2D eigenvalue weighted by atomic mass is 10.3. The summed E-state index contributed by atoms with van der Waals surface area (Å²) in [5.74, 6) is -1.59. The van der Waals surface area contributed by atoms with Gasteiger partial charge in [0.05, 0.1) is 12.3 Å². The van der Waals surface area contributed by atoms with E-state index in [4.69, 9.17) is 5.26 Å². The van der Waals surface area contributed by atoms with Crippen molar-refractivity contribution in [2.75, 3.05) is 6.54 Å². The van der Waals surface area contributed by atoms with Crippen LogP contribution in [0, 0.1) is 11.3 Å². The number of carbonyl (C=O) groups is 2. The average Bonchev–Trinajstić information content (AvgIpc) is 2.75. The molecule has 3 N–H and O–H groups in total. The normalized spacial score (nSPS) is 9.00. The lowest BCUT2D eigenvalue weighted by Gasteiger charge is -2.01. The molecule has 1 rings (SSSR count). The fourth-order valence-electron chi connectivity index (χ4n) is 0.837. The first-order chi connectivity index (χ1) is 7.24. The van der Waals surface area contributed by atoms with E-state index in [1.807, 2.05) is 0 Å². The molecule has 0 aliphatic heterocycles. The highest BCUT2D eigenvalue weighted by Gasteiger charge is 2.11. The van der Waals surface area contributed by atoms with Crippen molar-refractivity contribution in [1.82, 2.24) is 20.8 Å². The van der Waals surface area contributed by atoms with Gasteiger partial charge in [0.2, 0.25) is 0 Å². The van der Waals surface area contributed by atoms with E-state index < -0.39 is 11.8 Å². The number of aromatic nitrogens is 2. The predicted octanol–water partition coefficient (Wildman–Crippen LogP) is -1.33. The highest BCUT2D eigenvalue weighted by molar-refractivity contribution is 6.35. The maximum Gasteiger partial charge on any atom is 0.310 e. The molecule has 0 radical (unpaired) electrons. The van der Waals surface area contributed by atoms with Crippen LogP contribution in [0.5, 0.6) is 0 Å².